The number of nitrogens with one attached hydrogen (secondary N) is 1. The van der Waals surface area contributed by atoms with Crippen molar-refractivity contribution < 1.29 is 14.7 Å². The van der Waals surface area contributed by atoms with E-state index in [9.17, 15) is 14.7 Å². The van der Waals surface area contributed by atoms with E-state index in [-0.39, 0.29) is 11.9 Å². The molecule has 10 heteroatoms. The van der Waals surface area contributed by atoms with Gasteiger partial charge >= 0.3 is 12.0 Å². The van der Waals surface area contributed by atoms with Crippen molar-refractivity contribution in [3.8, 4) is 0 Å². The summed E-state index contributed by atoms with van der Waals surface area (Å²) in [7, 11) is 0. The topological polar surface area (TPSA) is 76.1 Å². The maximum atomic E-state index is 13.3. The largest absolute Gasteiger partial charge is 0.480 e. The summed E-state index contributed by atoms with van der Waals surface area (Å²) in [5.41, 5.74) is 4.02. The van der Waals surface area contributed by atoms with Crippen molar-refractivity contribution in [3.63, 3.8) is 0 Å². The lowest BCUT2D eigenvalue weighted by Crippen LogP contribution is -2.57. The number of carboxylic acid groups (broad SMARTS) is 1. The lowest BCUT2D eigenvalue weighted by molar-refractivity contribution is -0.145. The first-order valence-corrected chi connectivity index (χ1v) is 13.9. The number of anilines is 1. The Balaban J connectivity index is 1.53. The molecule has 2 unspecified atom stereocenters. The van der Waals surface area contributed by atoms with Crippen molar-refractivity contribution in [2.45, 2.75) is 12.5 Å². The molecule has 2 aromatic carbocycles. The maximum Gasteiger partial charge on any atom is 0.326 e. The number of urea groups is 1. The zero-order valence-electron chi connectivity index (χ0n) is 21.2. The minimum atomic E-state index is -0.842. The van der Waals surface area contributed by atoms with Crippen molar-refractivity contribution in [3.05, 3.63) is 93.1 Å². The van der Waals surface area contributed by atoms with E-state index >= 15 is 0 Å². The predicted octanol–water partition coefficient (Wildman–Crippen LogP) is 5.79. The van der Waals surface area contributed by atoms with Gasteiger partial charge in [0.2, 0.25) is 0 Å². The maximum absolute atomic E-state index is 13.3. The Kier molecular flexibility index (Phi) is 8.35. The Bertz CT molecular complexity index is 1360. The highest BCUT2D eigenvalue weighted by Crippen LogP contribution is 2.45. The van der Waals surface area contributed by atoms with Crippen LogP contribution in [-0.4, -0.2) is 72.2 Å². The quantitative estimate of drug-likeness (QED) is 0.401. The Hall–Kier alpha value is -2.81. The number of benzene rings is 2. The van der Waals surface area contributed by atoms with Gasteiger partial charge in [0.1, 0.15) is 6.04 Å². The van der Waals surface area contributed by atoms with E-state index in [1.54, 1.807) is 29.2 Å². The number of nitrogens with zero attached hydrogens (tertiary/aromatic N) is 3. The van der Waals surface area contributed by atoms with Crippen LogP contribution in [0, 0.1) is 5.92 Å². The summed E-state index contributed by atoms with van der Waals surface area (Å²) in [4.78, 5) is 31.0. The van der Waals surface area contributed by atoms with Gasteiger partial charge in [0, 0.05) is 55.6 Å². The zero-order valence-corrected chi connectivity index (χ0v) is 23.5. The number of carboxylic acids is 1. The van der Waals surface area contributed by atoms with Gasteiger partial charge in [-0.25, -0.2) is 4.79 Å². The number of carbonyl (C=O) groups excluding carboxylic acids is 1. The fourth-order valence-electron chi connectivity index (χ4n) is 5.69. The minimum absolute atomic E-state index is 0.00918. The second-order valence-electron chi connectivity index (χ2n) is 9.91. The van der Waals surface area contributed by atoms with E-state index in [0.29, 0.717) is 59.9 Å². The van der Waals surface area contributed by atoms with Crippen LogP contribution in [0.4, 0.5) is 10.5 Å². The Morgan fingerprint density at radius 2 is 1.79 bits per heavy atom. The minimum Gasteiger partial charge on any atom is -0.480 e. The number of amides is 2. The third-order valence-electron chi connectivity index (χ3n) is 7.46. The Labute approximate surface area is 242 Å². The molecule has 7 nitrogen and oxygen atoms in total. The Morgan fingerprint density at radius 1 is 1.08 bits per heavy atom. The summed E-state index contributed by atoms with van der Waals surface area (Å²) in [6.45, 7) is 7.04. The molecule has 2 aromatic rings. The van der Waals surface area contributed by atoms with Crippen molar-refractivity contribution in [1.29, 1.82) is 0 Å². The van der Waals surface area contributed by atoms with E-state index in [2.05, 4.69) is 22.9 Å². The van der Waals surface area contributed by atoms with Crippen LogP contribution in [0.3, 0.4) is 0 Å². The molecule has 0 spiro atoms. The first-order chi connectivity index (χ1) is 18.8. The monoisotopic (exact) mass is 586 g/mol. The molecule has 2 N–H and O–H groups in total. The third kappa shape index (κ3) is 5.60. The highest BCUT2D eigenvalue weighted by atomic mass is 35.5. The number of para-hydroxylation sites is 1. The SMILES string of the molecule is C=CCN1CCN(CC2C=C(c3ccccc3Cl)C3=C(C2)N(c2c(Cl)cccc2Cl)C(=O)NC3)CC1C(=O)O. The number of hydrogen-bond donors (Lipinski definition) is 2. The normalized spacial score (nSPS) is 22.3. The average molecular weight is 588 g/mol. The zero-order chi connectivity index (χ0) is 27.7. The van der Waals surface area contributed by atoms with E-state index < -0.39 is 12.0 Å². The summed E-state index contributed by atoms with van der Waals surface area (Å²) >= 11 is 19.8. The summed E-state index contributed by atoms with van der Waals surface area (Å²) in [5, 5.41) is 14.2. The molecule has 1 fully saturated rings. The summed E-state index contributed by atoms with van der Waals surface area (Å²) < 4.78 is 0. The average Bonchev–Trinajstić information content (AvgIpc) is 2.90. The van der Waals surface area contributed by atoms with Crippen LogP contribution in [0.1, 0.15) is 12.0 Å². The van der Waals surface area contributed by atoms with Crippen LogP contribution in [-0.2, 0) is 4.79 Å². The molecular weight excluding hydrogens is 559 g/mol. The summed E-state index contributed by atoms with van der Waals surface area (Å²) in [6.07, 6.45) is 4.50. The molecule has 0 aromatic heterocycles. The van der Waals surface area contributed by atoms with Crippen LogP contribution < -0.4 is 10.2 Å². The second kappa shape index (κ2) is 11.7. The molecule has 1 aliphatic carbocycles. The summed E-state index contributed by atoms with van der Waals surface area (Å²) in [6, 6.07) is 11.9. The molecule has 2 heterocycles. The number of allylic oxidation sites excluding steroid dienone is 1. The molecule has 2 amide bonds. The molecule has 0 bridgehead atoms. The molecule has 2 aliphatic heterocycles. The van der Waals surface area contributed by atoms with Gasteiger partial charge in [0.15, 0.2) is 0 Å². The molecule has 3 aliphatic rings. The number of hydrogen-bond acceptors (Lipinski definition) is 4. The van der Waals surface area contributed by atoms with Gasteiger partial charge in [-0.2, -0.15) is 0 Å². The van der Waals surface area contributed by atoms with Gasteiger partial charge in [0.05, 0.1) is 15.7 Å². The van der Waals surface area contributed by atoms with E-state index in [1.807, 2.05) is 29.2 Å². The van der Waals surface area contributed by atoms with Crippen molar-refractivity contribution in [2.24, 2.45) is 5.92 Å². The van der Waals surface area contributed by atoms with E-state index in [4.69, 9.17) is 34.8 Å². The predicted molar refractivity (Wildman–Crippen MR) is 157 cm³/mol. The van der Waals surface area contributed by atoms with Gasteiger partial charge in [-0.1, -0.05) is 71.2 Å². The molecule has 0 saturated carbocycles. The highest BCUT2D eigenvalue weighted by molar-refractivity contribution is 6.40. The molecule has 2 atom stereocenters. The summed E-state index contributed by atoms with van der Waals surface area (Å²) in [5.74, 6) is -0.851. The van der Waals surface area contributed by atoms with Crippen LogP contribution >= 0.6 is 34.8 Å². The molecule has 5 rings (SSSR count). The smallest absolute Gasteiger partial charge is 0.326 e. The number of rotatable bonds is 7. The molecule has 204 valence electrons. The van der Waals surface area contributed by atoms with Gasteiger partial charge in [-0.15, -0.1) is 6.58 Å². The fourth-order valence-corrected chi connectivity index (χ4v) is 6.50. The molecular formula is C29H29Cl3N4O3. The van der Waals surface area contributed by atoms with E-state index in [0.717, 1.165) is 29.0 Å². The van der Waals surface area contributed by atoms with Crippen LogP contribution in [0.5, 0.6) is 0 Å². The highest BCUT2D eigenvalue weighted by Gasteiger charge is 2.38. The van der Waals surface area contributed by atoms with E-state index in [1.165, 1.54) is 0 Å². The number of aliphatic carboxylic acids is 1. The lowest BCUT2D eigenvalue weighted by atomic mass is 9.82. The van der Waals surface area contributed by atoms with Crippen molar-refractivity contribution in [2.75, 3.05) is 44.2 Å². The lowest BCUT2D eigenvalue weighted by Gasteiger charge is -2.42. The van der Waals surface area contributed by atoms with Gasteiger partial charge in [-0.05, 0) is 41.7 Å². The van der Waals surface area contributed by atoms with Crippen molar-refractivity contribution in [1.82, 2.24) is 15.1 Å². The number of halogens is 3. The fraction of sp³-hybridized carbons (Fsp3) is 0.310. The number of carbonyl (C=O) groups is 2. The third-order valence-corrected chi connectivity index (χ3v) is 8.40. The van der Waals surface area contributed by atoms with Gasteiger partial charge in [-0.3, -0.25) is 19.5 Å². The van der Waals surface area contributed by atoms with Crippen LogP contribution in [0.2, 0.25) is 15.1 Å². The Morgan fingerprint density at radius 3 is 2.49 bits per heavy atom. The molecule has 1 saturated heterocycles. The first kappa shape index (κ1) is 27.7. The van der Waals surface area contributed by atoms with Crippen LogP contribution in [0.25, 0.3) is 5.57 Å². The standard InChI is InChI=1S/C29H29Cl3N4O3/c1-2-10-35-12-11-34(17-26(35)28(37)38)16-18-13-20(19-6-3-4-7-22(19)30)21-15-33-29(39)36(25(21)14-18)27-23(31)8-5-9-24(27)32/h2-9,13,18,26H,1,10-12,14-17H2,(H,33,39)(H,37,38). The van der Waals surface area contributed by atoms with Gasteiger partial charge in [0.25, 0.3) is 0 Å². The van der Waals surface area contributed by atoms with Crippen LogP contribution in [0.15, 0.2) is 72.5 Å². The second-order valence-corrected chi connectivity index (χ2v) is 11.1. The number of piperazine rings is 1. The first-order valence-electron chi connectivity index (χ1n) is 12.8. The van der Waals surface area contributed by atoms with Gasteiger partial charge < -0.3 is 10.4 Å². The van der Waals surface area contributed by atoms with Crippen molar-refractivity contribution >= 4 is 58.1 Å². The molecule has 39 heavy (non-hydrogen) atoms. The molecule has 0 radical (unpaired) electrons.